The first-order chi connectivity index (χ1) is 18.4. The number of fused-ring (bicyclic) bond motifs is 5. The number of nitrogens with zero attached hydrogens (tertiary/aromatic N) is 1. The fraction of sp³-hybridized carbons (Fsp3) is 0.200. The smallest absolute Gasteiger partial charge is 0.158 e. The normalized spacial score (nSPS) is 21.7. The lowest BCUT2D eigenvalue weighted by molar-refractivity contribution is -0.845. The molecule has 2 heteroatoms. The van der Waals surface area contributed by atoms with E-state index in [0.717, 1.165) is 6.67 Å². The highest BCUT2D eigenvalue weighted by Gasteiger charge is 2.47. The highest BCUT2D eigenvalue weighted by atomic mass is 15.4. The van der Waals surface area contributed by atoms with Crippen LogP contribution in [-0.2, 0) is 0 Å². The van der Waals surface area contributed by atoms with Crippen molar-refractivity contribution in [1.29, 1.82) is 0 Å². The van der Waals surface area contributed by atoms with Gasteiger partial charge < -0.3 is 4.90 Å². The highest BCUT2D eigenvalue weighted by Crippen LogP contribution is 2.41. The van der Waals surface area contributed by atoms with Crippen LogP contribution in [0.2, 0.25) is 0 Å². The summed E-state index contributed by atoms with van der Waals surface area (Å²) in [5.74, 6) is 0. The molecule has 2 fully saturated rings. The molecule has 1 aliphatic heterocycles. The Kier molecular flexibility index (Phi) is 4.78. The van der Waals surface area contributed by atoms with E-state index in [0.29, 0.717) is 12.1 Å². The van der Waals surface area contributed by atoms with Crippen LogP contribution in [0.1, 0.15) is 25.7 Å². The quantitative estimate of drug-likeness (QED) is 0.251. The molecule has 1 aliphatic carbocycles. The first-order valence-corrected chi connectivity index (χ1v) is 13.8. The number of nitrogens with one attached hydrogen (secondary N) is 1. The van der Waals surface area contributed by atoms with Crippen molar-refractivity contribution in [2.24, 2.45) is 0 Å². The third-order valence-corrected chi connectivity index (χ3v) is 9.04. The van der Waals surface area contributed by atoms with Gasteiger partial charge in [-0.15, -0.1) is 0 Å². The summed E-state index contributed by atoms with van der Waals surface area (Å²) in [4.78, 5) is 4.45. The van der Waals surface area contributed by atoms with Gasteiger partial charge in [0.2, 0.25) is 0 Å². The van der Waals surface area contributed by atoms with Crippen LogP contribution in [0.3, 0.4) is 0 Å². The van der Waals surface area contributed by atoms with Crippen LogP contribution in [0.5, 0.6) is 0 Å². The van der Waals surface area contributed by atoms with E-state index >= 15 is 0 Å². The van der Waals surface area contributed by atoms with Crippen molar-refractivity contribution in [3.8, 4) is 0 Å². The monoisotopic (exact) mass is 479 g/mol. The van der Waals surface area contributed by atoms with Crippen molar-refractivity contribution < 1.29 is 4.90 Å². The van der Waals surface area contributed by atoms with Crippen molar-refractivity contribution in [2.75, 3.05) is 11.6 Å². The van der Waals surface area contributed by atoms with Crippen molar-refractivity contribution in [1.82, 2.24) is 0 Å². The van der Waals surface area contributed by atoms with Gasteiger partial charge in [0.05, 0.1) is 11.7 Å². The van der Waals surface area contributed by atoms with Crippen molar-refractivity contribution in [3.63, 3.8) is 0 Å². The van der Waals surface area contributed by atoms with E-state index in [1.807, 2.05) is 0 Å². The zero-order valence-electron chi connectivity index (χ0n) is 21.0. The molecule has 0 amide bonds. The standard InChI is InChI=1S/C35H30N2/c1-5-15-28-24(11-1)21-25-12-2-6-16-29(25)34(28)36-23-37(33-20-10-9-19-32(33)36)35-30-17-7-3-13-26(30)22-27-14-4-8-18-31(27)35/h1-8,11-18,21-22,32-33H,9-10,19-20,23H2/p+1. The van der Waals surface area contributed by atoms with Crippen LogP contribution in [0.15, 0.2) is 109 Å². The summed E-state index contributed by atoms with van der Waals surface area (Å²) in [7, 11) is 0. The van der Waals surface area contributed by atoms with E-state index < -0.39 is 0 Å². The fourth-order valence-corrected chi connectivity index (χ4v) is 7.48. The Morgan fingerprint density at radius 3 is 1.57 bits per heavy atom. The van der Waals surface area contributed by atoms with E-state index in [4.69, 9.17) is 0 Å². The van der Waals surface area contributed by atoms with E-state index in [1.165, 1.54) is 80.1 Å². The lowest BCUT2D eigenvalue weighted by Crippen LogP contribution is -3.10. The Morgan fingerprint density at radius 1 is 0.541 bits per heavy atom. The predicted octanol–water partition coefficient (Wildman–Crippen LogP) is 7.60. The molecule has 0 radical (unpaired) electrons. The number of rotatable bonds is 2. The average Bonchev–Trinajstić information content (AvgIpc) is 3.33. The molecule has 3 unspecified atom stereocenters. The molecule has 1 N–H and O–H groups in total. The lowest BCUT2D eigenvalue weighted by Gasteiger charge is -2.31. The van der Waals surface area contributed by atoms with Gasteiger partial charge >= 0.3 is 0 Å². The van der Waals surface area contributed by atoms with E-state index in [2.05, 4.69) is 114 Å². The van der Waals surface area contributed by atoms with Crippen molar-refractivity contribution >= 4 is 54.5 Å². The maximum atomic E-state index is 2.81. The number of hydrogen-bond acceptors (Lipinski definition) is 1. The molecule has 1 saturated heterocycles. The van der Waals surface area contributed by atoms with Crippen LogP contribution in [0, 0.1) is 0 Å². The Labute approximate surface area is 217 Å². The third-order valence-electron chi connectivity index (χ3n) is 9.04. The van der Waals surface area contributed by atoms with Crippen LogP contribution < -0.4 is 9.80 Å². The van der Waals surface area contributed by atoms with Crippen molar-refractivity contribution in [3.05, 3.63) is 109 Å². The Morgan fingerprint density at radius 2 is 1.00 bits per heavy atom. The Bertz CT molecular complexity index is 1560. The van der Waals surface area contributed by atoms with Crippen LogP contribution in [0.25, 0.3) is 43.1 Å². The first-order valence-electron chi connectivity index (χ1n) is 13.8. The second-order valence-electron chi connectivity index (χ2n) is 11.0. The van der Waals surface area contributed by atoms with Crippen LogP contribution in [-0.4, -0.2) is 18.8 Å². The molecular weight excluding hydrogens is 448 g/mol. The molecule has 37 heavy (non-hydrogen) atoms. The molecule has 1 saturated carbocycles. The topological polar surface area (TPSA) is 7.68 Å². The van der Waals surface area contributed by atoms with Gasteiger partial charge in [-0.3, -0.25) is 4.90 Å². The highest BCUT2D eigenvalue weighted by molar-refractivity contribution is 6.12. The second kappa shape index (κ2) is 8.33. The number of anilines is 1. The minimum atomic E-state index is 0.552. The fourth-order valence-electron chi connectivity index (χ4n) is 7.48. The predicted molar refractivity (Wildman–Crippen MR) is 157 cm³/mol. The summed E-state index contributed by atoms with van der Waals surface area (Å²) in [6, 6.07) is 41.9. The molecule has 2 aliphatic rings. The Hall–Kier alpha value is -3.88. The molecule has 6 aromatic rings. The summed E-state index contributed by atoms with van der Waals surface area (Å²) in [6.45, 7) is 1.01. The maximum absolute atomic E-state index is 2.81. The van der Waals surface area contributed by atoms with E-state index in [9.17, 15) is 0 Å². The summed E-state index contributed by atoms with van der Waals surface area (Å²) >= 11 is 0. The molecule has 0 spiro atoms. The van der Waals surface area contributed by atoms with Crippen LogP contribution >= 0.6 is 0 Å². The zero-order chi connectivity index (χ0) is 24.3. The number of hydrogen-bond donors (Lipinski definition) is 1. The van der Waals surface area contributed by atoms with E-state index in [-0.39, 0.29) is 0 Å². The summed E-state index contributed by atoms with van der Waals surface area (Å²) in [5.41, 5.74) is 2.93. The molecule has 0 bridgehead atoms. The van der Waals surface area contributed by atoms with Gasteiger partial charge in [-0.1, -0.05) is 91.3 Å². The number of benzene rings is 6. The summed E-state index contributed by atoms with van der Waals surface area (Å²) in [5, 5.41) is 11.0. The summed E-state index contributed by atoms with van der Waals surface area (Å²) in [6.07, 6.45) is 5.21. The van der Waals surface area contributed by atoms with Gasteiger partial charge in [-0.25, -0.2) is 0 Å². The molecular formula is C35H31N2+. The van der Waals surface area contributed by atoms with Gasteiger partial charge in [0, 0.05) is 28.0 Å². The second-order valence-corrected chi connectivity index (χ2v) is 11.0. The molecule has 8 rings (SSSR count). The molecule has 3 atom stereocenters. The van der Waals surface area contributed by atoms with Gasteiger partial charge in [0.25, 0.3) is 0 Å². The molecule has 0 aromatic heterocycles. The SMILES string of the molecule is c1ccc2c(N3C[NH+](c4c5ccccc5cc5ccccc45)C4CCCCC43)c3ccccc3cc2c1. The zero-order valence-corrected chi connectivity index (χ0v) is 21.0. The Balaban J connectivity index is 1.39. The molecule has 6 aromatic carbocycles. The molecule has 180 valence electrons. The minimum Gasteiger partial charge on any atom is -0.315 e. The van der Waals surface area contributed by atoms with Crippen molar-refractivity contribution in [2.45, 2.75) is 37.8 Å². The van der Waals surface area contributed by atoms with Gasteiger partial charge in [0.1, 0.15) is 11.7 Å². The molecule has 2 nitrogen and oxygen atoms in total. The number of quaternary nitrogens is 1. The largest absolute Gasteiger partial charge is 0.315 e. The van der Waals surface area contributed by atoms with Gasteiger partial charge in [0.15, 0.2) is 6.67 Å². The van der Waals surface area contributed by atoms with Gasteiger partial charge in [-0.2, -0.15) is 0 Å². The van der Waals surface area contributed by atoms with Crippen LogP contribution in [0.4, 0.5) is 11.4 Å². The minimum absolute atomic E-state index is 0.552. The average molecular weight is 480 g/mol. The summed E-state index contributed by atoms with van der Waals surface area (Å²) < 4.78 is 0. The van der Waals surface area contributed by atoms with Gasteiger partial charge in [-0.05, 0) is 58.7 Å². The van der Waals surface area contributed by atoms with E-state index in [1.54, 1.807) is 4.90 Å². The maximum Gasteiger partial charge on any atom is 0.158 e. The molecule has 1 heterocycles. The third kappa shape index (κ3) is 3.22. The lowest BCUT2D eigenvalue weighted by atomic mass is 9.88. The first kappa shape index (κ1) is 21.2.